The number of nitrogens with two attached hydrogens (primary N) is 1. The summed E-state index contributed by atoms with van der Waals surface area (Å²) in [6.07, 6.45) is 1.08. The van der Waals surface area contributed by atoms with Crippen molar-refractivity contribution in [2.24, 2.45) is 5.73 Å². The van der Waals surface area contributed by atoms with Gasteiger partial charge in [0, 0.05) is 25.0 Å². The van der Waals surface area contributed by atoms with Gasteiger partial charge in [-0.05, 0) is 41.8 Å². The fraction of sp³-hybridized carbons (Fsp3) is 0.250. The van der Waals surface area contributed by atoms with Gasteiger partial charge in [0.25, 0.3) is 0 Å². The van der Waals surface area contributed by atoms with Crippen LogP contribution < -0.4 is 10.6 Å². The van der Waals surface area contributed by atoms with Crippen LogP contribution in [0.4, 0.5) is 11.4 Å². The van der Waals surface area contributed by atoms with E-state index in [4.69, 9.17) is 5.73 Å². The molecule has 2 aromatic rings. The molecule has 2 aromatic carbocycles. The van der Waals surface area contributed by atoms with Gasteiger partial charge in [0.1, 0.15) is 0 Å². The number of hydrogen-bond donors (Lipinski definition) is 1. The molecule has 0 aliphatic carbocycles. The van der Waals surface area contributed by atoms with Crippen molar-refractivity contribution in [3.63, 3.8) is 0 Å². The fourth-order valence-corrected chi connectivity index (χ4v) is 2.00. The van der Waals surface area contributed by atoms with E-state index in [1.807, 2.05) is 0 Å². The quantitative estimate of drug-likeness (QED) is 0.886. The Kier molecular flexibility index (Phi) is 4.00. The van der Waals surface area contributed by atoms with Crippen LogP contribution in [0.2, 0.25) is 0 Å². The maximum absolute atomic E-state index is 5.68. The molecule has 94 valence electrons. The summed E-state index contributed by atoms with van der Waals surface area (Å²) in [7, 11) is 2.08. The summed E-state index contributed by atoms with van der Waals surface area (Å²) in [6.45, 7) is 2.75. The van der Waals surface area contributed by atoms with E-state index in [9.17, 15) is 0 Å². The summed E-state index contributed by atoms with van der Waals surface area (Å²) in [5.41, 5.74) is 10.6. The first-order valence-corrected chi connectivity index (χ1v) is 6.36. The Balaban J connectivity index is 2.25. The number of nitrogens with zero attached hydrogens (tertiary/aromatic N) is 1. The van der Waals surface area contributed by atoms with Crippen LogP contribution >= 0.6 is 0 Å². The highest BCUT2D eigenvalue weighted by atomic mass is 15.1. The molecule has 0 fully saturated rings. The molecule has 0 heterocycles. The lowest BCUT2D eigenvalue weighted by molar-refractivity contribution is 1.06. The van der Waals surface area contributed by atoms with Crippen molar-refractivity contribution in [1.82, 2.24) is 0 Å². The molecule has 0 bridgehead atoms. The van der Waals surface area contributed by atoms with Crippen molar-refractivity contribution < 1.29 is 0 Å². The zero-order valence-corrected chi connectivity index (χ0v) is 11.1. The van der Waals surface area contributed by atoms with Crippen LogP contribution in [-0.4, -0.2) is 7.05 Å². The van der Waals surface area contributed by atoms with Crippen LogP contribution in [0.5, 0.6) is 0 Å². The number of anilines is 2. The standard InChI is InChI=1S/C16H20N2/c1-3-13-7-9-15(10-8-13)18(2)16-6-4-5-14(11-16)12-17/h4-11H,3,12,17H2,1-2H3. The van der Waals surface area contributed by atoms with Crippen LogP contribution in [-0.2, 0) is 13.0 Å². The van der Waals surface area contributed by atoms with Crippen molar-refractivity contribution in [1.29, 1.82) is 0 Å². The second-order valence-electron chi connectivity index (χ2n) is 4.45. The van der Waals surface area contributed by atoms with Gasteiger partial charge in [-0.3, -0.25) is 0 Å². The molecule has 2 nitrogen and oxygen atoms in total. The van der Waals surface area contributed by atoms with Crippen LogP contribution in [0, 0.1) is 0 Å². The lowest BCUT2D eigenvalue weighted by atomic mass is 10.1. The molecule has 0 amide bonds. The van der Waals surface area contributed by atoms with Gasteiger partial charge in [-0.2, -0.15) is 0 Å². The first-order chi connectivity index (χ1) is 8.74. The Morgan fingerprint density at radius 1 is 0.944 bits per heavy atom. The topological polar surface area (TPSA) is 29.3 Å². The van der Waals surface area contributed by atoms with E-state index in [-0.39, 0.29) is 0 Å². The summed E-state index contributed by atoms with van der Waals surface area (Å²) in [5.74, 6) is 0. The molecule has 0 aromatic heterocycles. The summed E-state index contributed by atoms with van der Waals surface area (Å²) < 4.78 is 0. The zero-order valence-electron chi connectivity index (χ0n) is 11.1. The maximum atomic E-state index is 5.68. The molecule has 0 atom stereocenters. The summed E-state index contributed by atoms with van der Waals surface area (Å²) in [4.78, 5) is 2.18. The SMILES string of the molecule is CCc1ccc(N(C)c2cccc(CN)c2)cc1. The molecule has 0 unspecified atom stereocenters. The minimum Gasteiger partial charge on any atom is -0.345 e. The van der Waals surface area contributed by atoms with E-state index in [1.165, 1.54) is 16.9 Å². The van der Waals surface area contributed by atoms with Crippen molar-refractivity contribution in [3.05, 3.63) is 59.7 Å². The molecule has 0 aliphatic heterocycles. The zero-order chi connectivity index (χ0) is 13.0. The molecular formula is C16H20N2. The van der Waals surface area contributed by atoms with Gasteiger partial charge in [-0.25, -0.2) is 0 Å². The van der Waals surface area contributed by atoms with E-state index in [1.54, 1.807) is 0 Å². The Morgan fingerprint density at radius 2 is 1.67 bits per heavy atom. The van der Waals surface area contributed by atoms with Crippen molar-refractivity contribution in [3.8, 4) is 0 Å². The summed E-state index contributed by atoms with van der Waals surface area (Å²) in [6, 6.07) is 17.0. The number of aryl methyl sites for hydroxylation is 1. The minimum absolute atomic E-state index is 0.580. The highest BCUT2D eigenvalue weighted by Gasteiger charge is 2.04. The van der Waals surface area contributed by atoms with Gasteiger partial charge < -0.3 is 10.6 Å². The predicted octanol–water partition coefficient (Wildman–Crippen LogP) is 3.48. The number of hydrogen-bond acceptors (Lipinski definition) is 2. The van der Waals surface area contributed by atoms with Crippen LogP contribution in [0.3, 0.4) is 0 Å². The molecule has 0 aliphatic rings. The van der Waals surface area contributed by atoms with Gasteiger partial charge in [0.2, 0.25) is 0 Å². The van der Waals surface area contributed by atoms with Crippen LogP contribution in [0.25, 0.3) is 0 Å². The smallest absolute Gasteiger partial charge is 0.0411 e. The average molecular weight is 240 g/mol. The molecular weight excluding hydrogens is 220 g/mol. The van der Waals surface area contributed by atoms with E-state index in [0.29, 0.717) is 6.54 Å². The molecule has 0 radical (unpaired) electrons. The maximum Gasteiger partial charge on any atom is 0.0411 e. The summed E-state index contributed by atoms with van der Waals surface area (Å²) >= 11 is 0. The van der Waals surface area contributed by atoms with Crippen molar-refractivity contribution in [2.75, 3.05) is 11.9 Å². The predicted molar refractivity (Wildman–Crippen MR) is 78.2 cm³/mol. The highest BCUT2D eigenvalue weighted by Crippen LogP contribution is 2.24. The van der Waals surface area contributed by atoms with Gasteiger partial charge >= 0.3 is 0 Å². The van der Waals surface area contributed by atoms with E-state index >= 15 is 0 Å². The minimum atomic E-state index is 0.580. The van der Waals surface area contributed by atoms with Gasteiger partial charge in [0.15, 0.2) is 0 Å². The number of benzene rings is 2. The molecule has 2 rings (SSSR count). The van der Waals surface area contributed by atoms with Crippen LogP contribution in [0.15, 0.2) is 48.5 Å². The Morgan fingerprint density at radius 3 is 2.28 bits per heavy atom. The molecule has 2 heteroatoms. The van der Waals surface area contributed by atoms with Crippen molar-refractivity contribution in [2.45, 2.75) is 19.9 Å². The normalized spacial score (nSPS) is 10.4. The number of rotatable bonds is 4. The molecule has 0 saturated heterocycles. The Bertz CT molecular complexity index is 503. The largest absolute Gasteiger partial charge is 0.345 e. The van der Waals surface area contributed by atoms with Crippen molar-refractivity contribution >= 4 is 11.4 Å². The molecule has 2 N–H and O–H groups in total. The Labute approximate surface area is 109 Å². The lowest BCUT2D eigenvalue weighted by Crippen LogP contribution is -2.10. The van der Waals surface area contributed by atoms with Crippen LogP contribution in [0.1, 0.15) is 18.1 Å². The van der Waals surface area contributed by atoms with E-state index < -0.39 is 0 Å². The first-order valence-electron chi connectivity index (χ1n) is 6.36. The highest BCUT2D eigenvalue weighted by molar-refractivity contribution is 5.63. The fourth-order valence-electron chi connectivity index (χ4n) is 2.00. The second-order valence-corrected chi connectivity index (χ2v) is 4.45. The summed E-state index contributed by atoms with van der Waals surface area (Å²) in [5, 5.41) is 0. The lowest BCUT2D eigenvalue weighted by Gasteiger charge is -2.20. The Hall–Kier alpha value is -1.80. The third kappa shape index (κ3) is 2.71. The van der Waals surface area contributed by atoms with Gasteiger partial charge in [-0.1, -0.05) is 31.2 Å². The third-order valence-electron chi connectivity index (χ3n) is 3.27. The second kappa shape index (κ2) is 5.69. The molecule has 0 saturated carbocycles. The molecule has 18 heavy (non-hydrogen) atoms. The monoisotopic (exact) mass is 240 g/mol. The van der Waals surface area contributed by atoms with Gasteiger partial charge in [-0.15, -0.1) is 0 Å². The third-order valence-corrected chi connectivity index (χ3v) is 3.27. The first kappa shape index (κ1) is 12.7. The van der Waals surface area contributed by atoms with E-state index in [2.05, 4.69) is 67.4 Å². The van der Waals surface area contributed by atoms with Gasteiger partial charge in [0.05, 0.1) is 0 Å². The van der Waals surface area contributed by atoms with E-state index in [0.717, 1.165) is 12.0 Å². The average Bonchev–Trinajstić information content (AvgIpc) is 2.46. The molecule has 0 spiro atoms.